The first kappa shape index (κ1) is 14.3. The molecule has 15 heavy (non-hydrogen) atoms. The molecule has 0 spiro atoms. The van der Waals surface area contributed by atoms with Gasteiger partial charge in [0.2, 0.25) is 0 Å². The van der Waals surface area contributed by atoms with E-state index in [0.29, 0.717) is 0 Å². The minimum absolute atomic E-state index is 0.123. The molecule has 0 aliphatic rings. The summed E-state index contributed by atoms with van der Waals surface area (Å²) in [6, 6.07) is -0.151. The number of nitrogens with two attached hydrogens (primary N) is 1. The number of carbonyl (C=O) groups excluding carboxylic acids is 1. The van der Waals surface area contributed by atoms with Gasteiger partial charge in [0.1, 0.15) is 0 Å². The van der Waals surface area contributed by atoms with Crippen LogP contribution in [0.1, 0.15) is 20.3 Å². The molecule has 0 aromatic heterocycles. The van der Waals surface area contributed by atoms with E-state index in [9.17, 15) is 4.79 Å². The van der Waals surface area contributed by atoms with Gasteiger partial charge >= 0.3 is 0 Å². The highest BCUT2D eigenvalue weighted by Crippen LogP contribution is 2.00. The maximum absolute atomic E-state index is 11.3. The van der Waals surface area contributed by atoms with Crippen molar-refractivity contribution in [3.05, 3.63) is 0 Å². The minimum atomic E-state index is -0.151. The van der Waals surface area contributed by atoms with Crippen LogP contribution in [0.25, 0.3) is 0 Å². The van der Waals surface area contributed by atoms with Crippen molar-refractivity contribution in [1.82, 2.24) is 15.2 Å². The van der Waals surface area contributed by atoms with Crippen LogP contribution in [0.3, 0.4) is 0 Å². The molecular formula is C10H24N4O. The third-order valence-electron chi connectivity index (χ3n) is 2.53. The van der Waals surface area contributed by atoms with Crippen LogP contribution in [0, 0.1) is 0 Å². The van der Waals surface area contributed by atoms with E-state index in [1.54, 1.807) is 0 Å². The molecule has 1 amide bonds. The molecule has 3 N–H and O–H groups in total. The zero-order valence-electron chi connectivity index (χ0n) is 10.3. The Labute approximate surface area is 92.6 Å². The molecule has 0 heterocycles. The smallest absolute Gasteiger partial charge is 0.250 e. The van der Waals surface area contributed by atoms with Crippen LogP contribution < -0.4 is 11.3 Å². The van der Waals surface area contributed by atoms with E-state index in [-0.39, 0.29) is 11.9 Å². The molecule has 0 aliphatic heterocycles. The SMILES string of the molecule is CCN(CCCN(C)C)C(C)C(=O)NN. The number of amides is 1. The predicted octanol–water partition coefficient (Wildman–Crippen LogP) is -0.362. The highest BCUT2D eigenvalue weighted by atomic mass is 16.2. The summed E-state index contributed by atoms with van der Waals surface area (Å²) >= 11 is 0. The first-order valence-corrected chi connectivity index (χ1v) is 5.42. The van der Waals surface area contributed by atoms with Crippen molar-refractivity contribution in [2.45, 2.75) is 26.3 Å². The summed E-state index contributed by atoms with van der Waals surface area (Å²) in [5, 5.41) is 0. The molecule has 90 valence electrons. The van der Waals surface area contributed by atoms with Crippen molar-refractivity contribution >= 4 is 5.91 Å². The van der Waals surface area contributed by atoms with E-state index < -0.39 is 0 Å². The van der Waals surface area contributed by atoms with Crippen LogP contribution in [0.5, 0.6) is 0 Å². The van der Waals surface area contributed by atoms with Crippen molar-refractivity contribution in [1.29, 1.82) is 0 Å². The Hall–Kier alpha value is -0.650. The van der Waals surface area contributed by atoms with Gasteiger partial charge in [-0.1, -0.05) is 6.92 Å². The fourth-order valence-electron chi connectivity index (χ4n) is 1.50. The second kappa shape index (κ2) is 7.62. The van der Waals surface area contributed by atoms with Crippen molar-refractivity contribution in [3.8, 4) is 0 Å². The highest BCUT2D eigenvalue weighted by Gasteiger charge is 2.18. The molecule has 0 saturated carbocycles. The number of likely N-dealkylation sites (N-methyl/N-ethyl adjacent to an activating group) is 1. The van der Waals surface area contributed by atoms with Crippen LogP contribution in [-0.4, -0.2) is 55.5 Å². The van der Waals surface area contributed by atoms with E-state index in [4.69, 9.17) is 5.84 Å². The Morgan fingerprint density at radius 1 is 1.40 bits per heavy atom. The molecule has 0 saturated heterocycles. The largest absolute Gasteiger partial charge is 0.309 e. The first-order chi connectivity index (χ1) is 7.02. The van der Waals surface area contributed by atoms with Gasteiger partial charge in [-0.2, -0.15) is 0 Å². The zero-order valence-corrected chi connectivity index (χ0v) is 10.3. The average molecular weight is 216 g/mol. The van der Waals surface area contributed by atoms with Gasteiger partial charge in [0.05, 0.1) is 6.04 Å². The average Bonchev–Trinajstić information content (AvgIpc) is 2.22. The van der Waals surface area contributed by atoms with E-state index in [2.05, 4.69) is 22.1 Å². The van der Waals surface area contributed by atoms with Gasteiger partial charge in [0.25, 0.3) is 5.91 Å². The molecule has 0 aliphatic carbocycles. The number of carbonyl (C=O) groups is 1. The number of hydrogen-bond acceptors (Lipinski definition) is 4. The summed E-state index contributed by atoms with van der Waals surface area (Å²) in [5.74, 6) is 4.98. The van der Waals surface area contributed by atoms with Gasteiger partial charge in [-0.05, 0) is 40.5 Å². The normalized spacial score (nSPS) is 13.3. The molecule has 0 fully saturated rings. The molecule has 1 unspecified atom stereocenters. The molecule has 0 radical (unpaired) electrons. The monoisotopic (exact) mass is 216 g/mol. The van der Waals surface area contributed by atoms with Crippen molar-refractivity contribution in [2.75, 3.05) is 33.7 Å². The van der Waals surface area contributed by atoms with E-state index >= 15 is 0 Å². The van der Waals surface area contributed by atoms with Crippen LogP contribution >= 0.6 is 0 Å². The number of nitrogens with zero attached hydrogens (tertiary/aromatic N) is 2. The van der Waals surface area contributed by atoms with Crippen LogP contribution in [0.15, 0.2) is 0 Å². The summed E-state index contributed by atoms with van der Waals surface area (Å²) in [7, 11) is 4.10. The second-order valence-electron chi connectivity index (χ2n) is 3.97. The summed E-state index contributed by atoms with van der Waals surface area (Å²) in [5.41, 5.74) is 2.19. The topological polar surface area (TPSA) is 61.6 Å². The van der Waals surface area contributed by atoms with Gasteiger partial charge < -0.3 is 4.90 Å². The molecule has 5 nitrogen and oxygen atoms in total. The van der Waals surface area contributed by atoms with Crippen molar-refractivity contribution < 1.29 is 4.79 Å². The van der Waals surface area contributed by atoms with Gasteiger partial charge in [-0.15, -0.1) is 0 Å². The van der Waals surface area contributed by atoms with Gasteiger partial charge in [-0.25, -0.2) is 5.84 Å². The standard InChI is InChI=1S/C10H24N4O/c1-5-14(8-6-7-13(3)4)9(2)10(15)12-11/h9H,5-8,11H2,1-4H3,(H,12,15). The predicted molar refractivity (Wildman–Crippen MR) is 62.2 cm³/mol. The lowest BCUT2D eigenvalue weighted by atomic mass is 10.2. The van der Waals surface area contributed by atoms with Crippen LogP contribution in [-0.2, 0) is 4.79 Å². The zero-order chi connectivity index (χ0) is 11.8. The van der Waals surface area contributed by atoms with Crippen LogP contribution in [0.2, 0.25) is 0 Å². The molecular weight excluding hydrogens is 192 g/mol. The fourth-order valence-corrected chi connectivity index (χ4v) is 1.50. The lowest BCUT2D eigenvalue weighted by molar-refractivity contribution is -0.125. The van der Waals surface area contributed by atoms with Crippen molar-refractivity contribution in [3.63, 3.8) is 0 Å². The summed E-state index contributed by atoms with van der Waals surface area (Å²) in [6.45, 7) is 6.75. The van der Waals surface area contributed by atoms with Gasteiger partial charge in [0, 0.05) is 6.54 Å². The maximum atomic E-state index is 11.3. The Kier molecular flexibility index (Phi) is 7.29. The first-order valence-electron chi connectivity index (χ1n) is 5.42. The fraction of sp³-hybridized carbons (Fsp3) is 0.900. The molecule has 0 rings (SSSR count). The molecule has 5 heteroatoms. The lowest BCUT2D eigenvalue weighted by Crippen LogP contribution is -2.47. The Morgan fingerprint density at radius 3 is 2.40 bits per heavy atom. The number of rotatable bonds is 7. The number of hydrazine groups is 1. The molecule has 0 aromatic carbocycles. The quantitative estimate of drug-likeness (QED) is 0.346. The molecule has 0 aromatic rings. The highest BCUT2D eigenvalue weighted by molar-refractivity contribution is 5.80. The van der Waals surface area contributed by atoms with Crippen molar-refractivity contribution in [2.24, 2.45) is 5.84 Å². The van der Waals surface area contributed by atoms with E-state index in [0.717, 1.165) is 26.1 Å². The van der Waals surface area contributed by atoms with E-state index in [1.807, 2.05) is 21.0 Å². The van der Waals surface area contributed by atoms with E-state index in [1.165, 1.54) is 0 Å². The Balaban J connectivity index is 3.95. The van der Waals surface area contributed by atoms with Crippen LogP contribution in [0.4, 0.5) is 0 Å². The lowest BCUT2D eigenvalue weighted by Gasteiger charge is -2.26. The van der Waals surface area contributed by atoms with Gasteiger partial charge in [-0.3, -0.25) is 15.1 Å². The summed E-state index contributed by atoms with van der Waals surface area (Å²) in [4.78, 5) is 15.6. The molecule has 1 atom stereocenters. The third kappa shape index (κ3) is 5.71. The number of nitrogens with one attached hydrogen (secondary N) is 1. The number of hydrogen-bond donors (Lipinski definition) is 2. The second-order valence-corrected chi connectivity index (χ2v) is 3.97. The minimum Gasteiger partial charge on any atom is -0.309 e. The molecule has 0 bridgehead atoms. The summed E-state index contributed by atoms with van der Waals surface area (Å²) in [6.07, 6.45) is 1.06. The Bertz CT molecular complexity index is 184. The Morgan fingerprint density at radius 2 is 2.00 bits per heavy atom. The third-order valence-corrected chi connectivity index (χ3v) is 2.53. The van der Waals surface area contributed by atoms with Gasteiger partial charge in [0.15, 0.2) is 0 Å². The maximum Gasteiger partial charge on any atom is 0.250 e. The summed E-state index contributed by atoms with van der Waals surface area (Å²) < 4.78 is 0.